The number of likely N-dealkylation sites (N-methyl/N-ethyl adjacent to an activating group) is 1. The molecule has 1 heterocycles. The number of amides is 1. The minimum absolute atomic E-state index is 0.235. The van der Waals surface area contributed by atoms with E-state index in [9.17, 15) is 9.90 Å². The summed E-state index contributed by atoms with van der Waals surface area (Å²) in [5.41, 5.74) is 0. The second-order valence-corrected chi connectivity index (χ2v) is 4.94. The Morgan fingerprint density at radius 1 is 1.44 bits per heavy atom. The van der Waals surface area contributed by atoms with Gasteiger partial charge in [0, 0.05) is 19.1 Å². The summed E-state index contributed by atoms with van der Waals surface area (Å²) in [6.45, 7) is 4.96. The Labute approximate surface area is 97.2 Å². The number of β-amino-alcohol motifs (C(OH)–C–C–N with tert-alkyl or cyclic N) is 1. The van der Waals surface area contributed by atoms with Crippen molar-refractivity contribution in [3.05, 3.63) is 0 Å². The van der Waals surface area contributed by atoms with Crippen LogP contribution in [-0.4, -0.2) is 59.1 Å². The van der Waals surface area contributed by atoms with Gasteiger partial charge in [-0.1, -0.05) is 0 Å². The van der Waals surface area contributed by atoms with Gasteiger partial charge in [0.15, 0.2) is 0 Å². The summed E-state index contributed by atoms with van der Waals surface area (Å²) < 4.78 is 0. The molecule has 1 amide bonds. The fourth-order valence-electron chi connectivity index (χ4n) is 2.48. The van der Waals surface area contributed by atoms with Crippen molar-refractivity contribution in [3.63, 3.8) is 0 Å². The highest BCUT2D eigenvalue weighted by atomic mass is 16.3. The smallest absolute Gasteiger partial charge is 0.236 e. The Balaban J connectivity index is 1.80. The summed E-state index contributed by atoms with van der Waals surface area (Å²) in [5, 5.41) is 9.54. The zero-order chi connectivity index (χ0) is 11.5. The number of piperidine rings is 1. The van der Waals surface area contributed by atoms with Crippen molar-refractivity contribution in [3.8, 4) is 0 Å². The number of carbonyl (C=O) groups excluding carboxylic acids is 1. The van der Waals surface area contributed by atoms with Crippen LogP contribution in [0.1, 0.15) is 32.6 Å². The second kappa shape index (κ2) is 5.15. The summed E-state index contributed by atoms with van der Waals surface area (Å²) in [5.74, 6) is 0.235. The van der Waals surface area contributed by atoms with Crippen LogP contribution in [0.2, 0.25) is 0 Å². The zero-order valence-electron chi connectivity index (χ0n) is 10.1. The first-order valence-corrected chi connectivity index (χ1v) is 6.40. The molecular weight excluding hydrogens is 204 g/mol. The Hall–Kier alpha value is -0.610. The van der Waals surface area contributed by atoms with E-state index in [0.29, 0.717) is 19.1 Å². The van der Waals surface area contributed by atoms with Gasteiger partial charge in [-0.25, -0.2) is 0 Å². The fourth-order valence-corrected chi connectivity index (χ4v) is 2.48. The molecule has 0 unspecified atom stereocenters. The summed E-state index contributed by atoms with van der Waals surface area (Å²) >= 11 is 0. The number of likely N-dealkylation sites (tertiary alicyclic amines) is 1. The van der Waals surface area contributed by atoms with Gasteiger partial charge in [-0.2, -0.15) is 0 Å². The Morgan fingerprint density at radius 3 is 2.75 bits per heavy atom. The van der Waals surface area contributed by atoms with Crippen molar-refractivity contribution >= 4 is 5.91 Å². The fraction of sp³-hybridized carbons (Fsp3) is 0.917. The number of aliphatic hydroxyl groups excluding tert-OH is 1. The first-order valence-electron chi connectivity index (χ1n) is 6.40. The van der Waals surface area contributed by atoms with E-state index in [0.717, 1.165) is 25.9 Å². The van der Waals surface area contributed by atoms with E-state index in [4.69, 9.17) is 0 Å². The molecular formula is C12H22N2O2. The summed E-state index contributed by atoms with van der Waals surface area (Å²) in [6, 6.07) is 0.507. The van der Waals surface area contributed by atoms with Crippen LogP contribution in [0.15, 0.2) is 0 Å². The van der Waals surface area contributed by atoms with Gasteiger partial charge in [-0.15, -0.1) is 0 Å². The molecule has 4 heteroatoms. The zero-order valence-corrected chi connectivity index (χ0v) is 10.1. The van der Waals surface area contributed by atoms with Gasteiger partial charge in [0.25, 0.3) is 0 Å². The number of nitrogens with zero attached hydrogens (tertiary/aromatic N) is 2. The van der Waals surface area contributed by atoms with Crippen LogP contribution in [0.25, 0.3) is 0 Å². The maximum Gasteiger partial charge on any atom is 0.236 e. The molecule has 92 valence electrons. The van der Waals surface area contributed by atoms with E-state index in [1.807, 2.05) is 11.8 Å². The van der Waals surface area contributed by atoms with Crippen LogP contribution in [-0.2, 0) is 4.79 Å². The maximum absolute atomic E-state index is 12.0. The maximum atomic E-state index is 12.0. The highest BCUT2D eigenvalue weighted by Gasteiger charge is 2.32. The number of hydrogen-bond acceptors (Lipinski definition) is 3. The quantitative estimate of drug-likeness (QED) is 0.757. The molecule has 0 spiro atoms. The molecule has 0 aromatic rings. The lowest BCUT2D eigenvalue weighted by Crippen LogP contribution is -2.46. The van der Waals surface area contributed by atoms with E-state index in [2.05, 4.69) is 4.90 Å². The lowest BCUT2D eigenvalue weighted by atomic mass is 10.1. The van der Waals surface area contributed by atoms with E-state index < -0.39 is 0 Å². The first-order chi connectivity index (χ1) is 7.70. The Bertz CT molecular complexity index is 253. The highest BCUT2D eigenvalue weighted by molar-refractivity contribution is 5.78. The molecule has 2 rings (SSSR count). The van der Waals surface area contributed by atoms with Gasteiger partial charge in [0.2, 0.25) is 5.91 Å². The molecule has 0 radical (unpaired) electrons. The molecule has 2 fully saturated rings. The lowest BCUT2D eigenvalue weighted by Gasteiger charge is -2.31. The third-order valence-electron chi connectivity index (χ3n) is 3.49. The normalized spacial score (nSPS) is 26.8. The molecule has 2 aliphatic rings. The van der Waals surface area contributed by atoms with Crippen LogP contribution in [0.5, 0.6) is 0 Å². The van der Waals surface area contributed by atoms with Crippen molar-refractivity contribution in [2.24, 2.45) is 0 Å². The highest BCUT2D eigenvalue weighted by Crippen LogP contribution is 2.26. The Kier molecular flexibility index (Phi) is 3.82. The lowest BCUT2D eigenvalue weighted by molar-refractivity contribution is -0.133. The molecule has 0 aromatic heterocycles. The van der Waals surface area contributed by atoms with Gasteiger partial charge in [0.1, 0.15) is 0 Å². The number of carbonyl (C=O) groups is 1. The standard InChI is InChI=1S/C12H22N2O2/c1-2-14(10-5-6-10)12(16)9-13-7-3-4-11(15)8-13/h10-11,15H,2-9H2,1H3/t11-/m0/s1. The van der Waals surface area contributed by atoms with Gasteiger partial charge in [-0.3, -0.25) is 9.69 Å². The number of hydrogen-bond donors (Lipinski definition) is 1. The predicted octanol–water partition coefficient (Wildman–Crippen LogP) is 0.454. The largest absolute Gasteiger partial charge is 0.392 e. The Morgan fingerprint density at radius 2 is 2.19 bits per heavy atom. The third kappa shape index (κ3) is 2.95. The van der Waals surface area contributed by atoms with Crippen molar-refractivity contribution in [2.75, 3.05) is 26.2 Å². The number of rotatable bonds is 4. The molecule has 4 nitrogen and oxygen atoms in total. The summed E-state index contributed by atoms with van der Waals surface area (Å²) in [6.07, 6.45) is 3.98. The van der Waals surface area contributed by atoms with E-state index in [1.54, 1.807) is 0 Å². The van der Waals surface area contributed by atoms with Gasteiger partial charge in [0.05, 0.1) is 12.6 Å². The van der Waals surface area contributed by atoms with Crippen molar-refractivity contribution < 1.29 is 9.90 Å². The van der Waals surface area contributed by atoms with Crippen LogP contribution in [0.3, 0.4) is 0 Å². The predicted molar refractivity (Wildman–Crippen MR) is 62.1 cm³/mol. The molecule has 1 aliphatic carbocycles. The van der Waals surface area contributed by atoms with Crippen LogP contribution in [0.4, 0.5) is 0 Å². The van der Waals surface area contributed by atoms with Crippen LogP contribution in [0, 0.1) is 0 Å². The van der Waals surface area contributed by atoms with E-state index in [-0.39, 0.29) is 12.0 Å². The molecule has 16 heavy (non-hydrogen) atoms. The molecule has 0 aromatic carbocycles. The van der Waals surface area contributed by atoms with E-state index >= 15 is 0 Å². The first kappa shape index (κ1) is 11.9. The molecule has 1 N–H and O–H groups in total. The average Bonchev–Trinajstić information content (AvgIpc) is 3.03. The summed E-state index contributed by atoms with van der Waals surface area (Å²) in [4.78, 5) is 16.1. The van der Waals surface area contributed by atoms with Crippen molar-refractivity contribution in [2.45, 2.75) is 44.8 Å². The van der Waals surface area contributed by atoms with Crippen LogP contribution >= 0.6 is 0 Å². The topological polar surface area (TPSA) is 43.8 Å². The van der Waals surface area contributed by atoms with E-state index in [1.165, 1.54) is 12.8 Å². The van der Waals surface area contributed by atoms with Gasteiger partial charge in [-0.05, 0) is 39.2 Å². The van der Waals surface area contributed by atoms with Gasteiger partial charge < -0.3 is 10.0 Å². The third-order valence-corrected chi connectivity index (χ3v) is 3.49. The number of aliphatic hydroxyl groups is 1. The van der Waals surface area contributed by atoms with Crippen molar-refractivity contribution in [1.82, 2.24) is 9.80 Å². The van der Waals surface area contributed by atoms with Gasteiger partial charge >= 0.3 is 0 Å². The molecule has 1 atom stereocenters. The second-order valence-electron chi connectivity index (χ2n) is 4.94. The molecule has 0 bridgehead atoms. The van der Waals surface area contributed by atoms with Crippen LogP contribution < -0.4 is 0 Å². The minimum Gasteiger partial charge on any atom is -0.392 e. The summed E-state index contributed by atoms with van der Waals surface area (Å²) in [7, 11) is 0. The molecule has 1 aliphatic heterocycles. The SMILES string of the molecule is CCN(C(=O)CN1CCC[C@H](O)C1)C1CC1. The molecule has 1 saturated heterocycles. The average molecular weight is 226 g/mol. The molecule has 1 saturated carbocycles. The monoisotopic (exact) mass is 226 g/mol. The minimum atomic E-state index is -0.238. The van der Waals surface area contributed by atoms with Crippen molar-refractivity contribution in [1.29, 1.82) is 0 Å².